The summed E-state index contributed by atoms with van der Waals surface area (Å²) in [5.41, 5.74) is 0.193. The van der Waals surface area contributed by atoms with Crippen LogP contribution in [0.4, 0.5) is 0 Å². The molecule has 9 heteroatoms. The number of amides is 1. The molecule has 0 bridgehead atoms. The highest BCUT2D eigenvalue weighted by atomic mass is 28.3. The van der Waals surface area contributed by atoms with Gasteiger partial charge in [0, 0.05) is 6.42 Å². The second kappa shape index (κ2) is 23.6. The van der Waals surface area contributed by atoms with Gasteiger partial charge in [-0.1, -0.05) is 208 Å². The van der Waals surface area contributed by atoms with Gasteiger partial charge in [-0.05, 0) is 30.5 Å². The van der Waals surface area contributed by atoms with E-state index in [0.717, 1.165) is 38.1 Å². The van der Waals surface area contributed by atoms with Crippen LogP contribution in [0.1, 0.15) is 156 Å². The third kappa shape index (κ3) is 13.9. The van der Waals surface area contributed by atoms with Crippen molar-refractivity contribution in [3.63, 3.8) is 0 Å². The van der Waals surface area contributed by atoms with Crippen LogP contribution < -0.4 is 21.0 Å². The fraction of sp³-hybridized carbons (Fsp3) is 0.630. The molecule has 0 aliphatic carbocycles. The normalized spacial score (nSPS) is 16.8. The molecule has 2 aromatic rings. The van der Waals surface area contributed by atoms with E-state index in [1.54, 1.807) is 0 Å². The maximum atomic E-state index is 13.0. The number of nitrogens with zero attached hydrogens (tertiary/aromatic N) is 3. The zero-order chi connectivity index (χ0) is 39.2. The highest BCUT2D eigenvalue weighted by Gasteiger charge is 2.47. The smallest absolute Gasteiger partial charge is 0.305 e. The van der Waals surface area contributed by atoms with Gasteiger partial charge >= 0.3 is 5.97 Å². The van der Waals surface area contributed by atoms with Gasteiger partial charge in [-0.25, -0.2) is 15.0 Å². The lowest BCUT2D eigenvalue weighted by molar-refractivity contribution is -0.147. The summed E-state index contributed by atoms with van der Waals surface area (Å²) in [6.45, 7) is 9.92. The summed E-state index contributed by atoms with van der Waals surface area (Å²) in [4.78, 5) is 39.0. The number of amidine groups is 1. The van der Waals surface area contributed by atoms with Gasteiger partial charge in [0.15, 0.2) is 11.5 Å². The van der Waals surface area contributed by atoms with Gasteiger partial charge in [-0.3, -0.25) is 14.9 Å². The summed E-state index contributed by atoms with van der Waals surface area (Å²) in [6.07, 6.45) is 25.7. The molecule has 2 aromatic carbocycles. The molecule has 0 aromatic heterocycles. The number of fused-ring (bicyclic) bond motifs is 1. The third-order valence-electron chi connectivity index (χ3n) is 11.5. The summed E-state index contributed by atoms with van der Waals surface area (Å²) in [7, 11) is -2.18. The first-order valence-corrected chi connectivity index (χ1v) is 24.0. The quantitative estimate of drug-likeness (QED) is 0.0511. The van der Waals surface area contributed by atoms with Crippen molar-refractivity contribution in [3.8, 4) is 0 Å². The first-order chi connectivity index (χ1) is 26.7. The van der Waals surface area contributed by atoms with Gasteiger partial charge in [0.05, 0.1) is 0 Å². The molecule has 1 amide bonds. The largest absolute Gasteiger partial charge is 0.460 e. The van der Waals surface area contributed by atoms with Crippen LogP contribution in [0.15, 0.2) is 75.6 Å². The van der Waals surface area contributed by atoms with Crippen molar-refractivity contribution in [2.45, 2.75) is 173 Å². The Morgan fingerprint density at radius 3 is 1.75 bits per heavy atom. The fourth-order valence-electron chi connectivity index (χ4n) is 8.36. The minimum absolute atomic E-state index is 0.0876. The van der Waals surface area contributed by atoms with Crippen molar-refractivity contribution in [3.05, 3.63) is 60.7 Å². The SMILES string of the molecule is CCCCCCCCCCCCCCCCCCCC(=O)OCC1(NCCCC[Si](c2ccccc2)(c2ccccc2)C(C)(C)C)N=C2N=CN=C2C(=O)N1. The minimum Gasteiger partial charge on any atom is -0.460 e. The lowest BCUT2D eigenvalue weighted by Gasteiger charge is -2.44. The van der Waals surface area contributed by atoms with E-state index in [1.807, 2.05) is 0 Å². The summed E-state index contributed by atoms with van der Waals surface area (Å²) in [6, 6.07) is 23.1. The number of carbonyl (C=O) groups is 2. The van der Waals surface area contributed by atoms with Crippen LogP contribution in [0.2, 0.25) is 11.1 Å². The number of hydrogen-bond acceptors (Lipinski definition) is 7. The summed E-state index contributed by atoms with van der Waals surface area (Å²) in [5, 5.41) is 9.38. The topological polar surface area (TPSA) is 105 Å². The van der Waals surface area contributed by atoms with Crippen LogP contribution in [0.25, 0.3) is 0 Å². The number of unbranched alkanes of at least 4 members (excludes halogenated alkanes) is 17. The molecule has 1 unspecified atom stereocenters. The zero-order valence-corrected chi connectivity index (χ0v) is 35.7. The standard InChI is InChI=1S/C46H71N5O3Si/c1-5-6-7-8-9-10-11-12-13-14-15-16-17-18-19-20-27-34-41(52)54-37-46(50-43-42(44(53)51-46)47-38-48-43)49-35-28-29-36-55(45(2,3)4,39-30-23-21-24-31-39)40-32-25-22-26-33-40/h21-26,30-33,38,49H,5-20,27-29,34-37H2,1-4H3,(H,51,53). The van der Waals surface area contributed by atoms with Crippen LogP contribution in [0.3, 0.4) is 0 Å². The second-order valence-electron chi connectivity index (χ2n) is 16.8. The maximum absolute atomic E-state index is 13.0. The van der Waals surface area contributed by atoms with Gasteiger partial charge in [0.1, 0.15) is 21.0 Å². The van der Waals surface area contributed by atoms with E-state index in [-0.39, 0.29) is 35.1 Å². The van der Waals surface area contributed by atoms with Crippen LogP contribution in [-0.2, 0) is 14.3 Å². The Labute approximate surface area is 333 Å². The van der Waals surface area contributed by atoms with E-state index in [4.69, 9.17) is 9.73 Å². The number of nitrogens with one attached hydrogen (secondary N) is 2. The Bertz CT molecular complexity index is 1480. The number of rotatable bonds is 28. The van der Waals surface area contributed by atoms with Crippen molar-refractivity contribution in [1.29, 1.82) is 0 Å². The van der Waals surface area contributed by atoms with Crippen LogP contribution in [0.5, 0.6) is 0 Å². The van der Waals surface area contributed by atoms with Crippen molar-refractivity contribution in [1.82, 2.24) is 10.6 Å². The Kier molecular flexibility index (Phi) is 19.0. The highest BCUT2D eigenvalue weighted by molar-refractivity contribution is 7.04. The molecule has 0 saturated carbocycles. The summed E-state index contributed by atoms with van der Waals surface area (Å²) in [5.74, 6) is -1.65. The Morgan fingerprint density at radius 1 is 0.727 bits per heavy atom. The zero-order valence-electron chi connectivity index (χ0n) is 34.7. The minimum atomic E-state index is -2.18. The molecule has 4 rings (SSSR count). The third-order valence-corrected chi connectivity index (χ3v) is 17.8. The molecule has 2 N–H and O–H groups in total. The van der Waals surface area contributed by atoms with Gasteiger partial charge in [0.25, 0.3) is 5.91 Å². The van der Waals surface area contributed by atoms with Crippen molar-refractivity contribution in [2.75, 3.05) is 13.2 Å². The molecule has 55 heavy (non-hydrogen) atoms. The van der Waals surface area contributed by atoms with Crippen molar-refractivity contribution < 1.29 is 14.3 Å². The Morgan fingerprint density at radius 2 is 1.24 bits per heavy atom. The molecule has 2 aliphatic heterocycles. The van der Waals surface area contributed by atoms with Crippen LogP contribution in [0, 0.1) is 0 Å². The van der Waals surface area contributed by atoms with E-state index in [0.29, 0.717) is 13.0 Å². The van der Waals surface area contributed by atoms with Gasteiger partial charge in [-0.15, -0.1) is 0 Å². The predicted octanol–water partition coefficient (Wildman–Crippen LogP) is 9.67. The molecule has 2 aliphatic rings. The molecule has 1 atom stereocenters. The number of esters is 1. The predicted molar refractivity (Wildman–Crippen MR) is 234 cm³/mol. The Balaban J connectivity index is 1.18. The van der Waals surface area contributed by atoms with E-state index in [2.05, 4.69) is 109 Å². The van der Waals surface area contributed by atoms with Crippen LogP contribution >= 0.6 is 0 Å². The maximum Gasteiger partial charge on any atom is 0.305 e. The highest BCUT2D eigenvalue weighted by Crippen LogP contribution is 2.39. The fourth-order valence-corrected chi connectivity index (χ4v) is 14.1. The molecule has 2 heterocycles. The molecule has 0 radical (unpaired) electrons. The monoisotopic (exact) mass is 770 g/mol. The summed E-state index contributed by atoms with van der Waals surface area (Å²) >= 11 is 0. The number of benzene rings is 2. The number of aliphatic imine (C=N–C) groups is 3. The molecule has 302 valence electrons. The first kappa shape index (κ1) is 44.3. The van der Waals surface area contributed by atoms with E-state index in [1.165, 1.54) is 107 Å². The molecule has 0 spiro atoms. The van der Waals surface area contributed by atoms with E-state index in [9.17, 15) is 9.59 Å². The van der Waals surface area contributed by atoms with Gasteiger partial charge in [0.2, 0.25) is 5.79 Å². The Hall–Kier alpha value is -3.43. The number of ether oxygens (including phenoxy) is 1. The molecule has 0 saturated heterocycles. The van der Waals surface area contributed by atoms with E-state index >= 15 is 0 Å². The summed E-state index contributed by atoms with van der Waals surface area (Å²) < 4.78 is 5.77. The van der Waals surface area contributed by atoms with Crippen molar-refractivity contribution in [2.24, 2.45) is 15.0 Å². The van der Waals surface area contributed by atoms with E-state index < -0.39 is 13.9 Å². The number of carbonyl (C=O) groups excluding carboxylic acids is 2. The van der Waals surface area contributed by atoms with Gasteiger partial charge < -0.3 is 10.1 Å². The lowest BCUT2D eigenvalue weighted by Crippen LogP contribution is -2.65. The number of hydrogen-bond donors (Lipinski definition) is 2. The average molecular weight is 770 g/mol. The van der Waals surface area contributed by atoms with Crippen molar-refractivity contribution >= 4 is 48.2 Å². The molecule has 8 nitrogen and oxygen atoms in total. The first-order valence-electron chi connectivity index (χ1n) is 21.8. The average Bonchev–Trinajstić information content (AvgIpc) is 3.66. The molecular weight excluding hydrogens is 699 g/mol. The molecular formula is C46H71N5O3Si. The van der Waals surface area contributed by atoms with Crippen LogP contribution in [-0.4, -0.2) is 56.8 Å². The lowest BCUT2D eigenvalue weighted by atomic mass is 10.0. The van der Waals surface area contributed by atoms with Gasteiger partial charge in [-0.2, -0.15) is 0 Å². The molecule has 0 fully saturated rings. The second-order valence-corrected chi connectivity index (χ2v) is 21.8.